The summed E-state index contributed by atoms with van der Waals surface area (Å²) in [5, 5.41) is 4.06. The number of alkyl halides is 3. The third-order valence-electron chi connectivity index (χ3n) is 4.62. The second-order valence-corrected chi connectivity index (χ2v) is 7.72. The topological polar surface area (TPSA) is 100 Å². The van der Waals surface area contributed by atoms with Crippen LogP contribution in [0.15, 0.2) is 39.9 Å². The van der Waals surface area contributed by atoms with Gasteiger partial charge in [-0.25, -0.2) is 9.78 Å². The highest BCUT2D eigenvalue weighted by molar-refractivity contribution is 7.20. The number of carbonyl (C=O) groups excluding carboxylic acids is 1. The number of rotatable bonds is 5. The molecule has 1 aromatic carbocycles. The minimum absolute atomic E-state index is 0.0710. The number of esters is 1. The van der Waals surface area contributed by atoms with Gasteiger partial charge in [0.1, 0.15) is 16.3 Å². The summed E-state index contributed by atoms with van der Waals surface area (Å²) in [4.78, 5) is 34.1. The van der Waals surface area contributed by atoms with Gasteiger partial charge < -0.3 is 9.26 Å². The maximum atomic E-state index is 12.9. The molecule has 12 heteroatoms. The highest BCUT2D eigenvalue weighted by Crippen LogP contribution is 2.30. The van der Waals surface area contributed by atoms with Crippen LogP contribution >= 0.6 is 11.3 Å². The average Bonchev–Trinajstić information content (AvgIpc) is 3.35. The van der Waals surface area contributed by atoms with Gasteiger partial charge in [0, 0.05) is 5.56 Å². The lowest BCUT2D eigenvalue weighted by molar-refractivity contribution is -0.137. The Balaban J connectivity index is 1.61. The highest BCUT2D eigenvalue weighted by Gasteiger charge is 2.30. The van der Waals surface area contributed by atoms with E-state index in [1.807, 2.05) is 0 Å². The van der Waals surface area contributed by atoms with Crippen LogP contribution in [-0.2, 0) is 17.5 Å². The second-order valence-electron chi connectivity index (χ2n) is 6.72. The van der Waals surface area contributed by atoms with Crippen LogP contribution in [0.1, 0.15) is 33.6 Å². The van der Waals surface area contributed by atoms with Crippen LogP contribution in [0, 0.1) is 6.92 Å². The first kappa shape index (κ1) is 21.7. The Labute approximate surface area is 182 Å². The maximum absolute atomic E-state index is 12.9. The van der Waals surface area contributed by atoms with Gasteiger partial charge in [0.15, 0.2) is 0 Å². The molecule has 0 unspecified atom stereocenters. The van der Waals surface area contributed by atoms with E-state index >= 15 is 0 Å². The first-order valence-electron chi connectivity index (χ1n) is 9.35. The van der Waals surface area contributed by atoms with Gasteiger partial charge in [-0.3, -0.25) is 9.36 Å². The number of thiophene rings is 1. The smallest absolute Gasteiger partial charge is 0.416 e. The lowest BCUT2D eigenvalue weighted by Gasteiger charge is -2.05. The molecule has 0 spiro atoms. The zero-order valence-electron chi connectivity index (χ0n) is 16.8. The van der Waals surface area contributed by atoms with Crippen molar-refractivity contribution in [2.24, 2.45) is 0 Å². The Morgan fingerprint density at radius 1 is 1.25 bits per heavy atom. The number of halogens is 3. The van der Waals surface area contributed by atoms with Gasteiger partial charge in [-0.2, -0.15) is 18.2 Å². The van der Waals surface area contributed by atoms with Crippen molar-refractivity contribution in [3.8, 4) is 11.4 Å². The number of hydrogen-bond acceptors (Lipinski definition) is 8. The first-order chi connectivity index (χ1) is 15.2. The number of carbonyl (C=O) groups is 1. The predicted octanol–water partition coefficient (Wildman–Crippen LogP) is 4.06. The molecule has 0 bridgehead atoms. The fourth-order valence-corrected chi connectivity index (χ4v) is 4.09. The van der Waals surface area contributed by atoms with Crippen molar-refractivity contribution < 1.29 is 27.2 Å². The largest absolute Gasteiger partial charge is 0.462 e. The van der Waals surface area contributed by atoms with E-state index in [9.17, 15) is 22.8 Å². The van der Waals surface area contributed by atoms with Gasteiger partial charge in [-0.15, -0.1) is 11.3 Å². The lowest BCUT2D eigenvalue weighted by atomic mass is 10.1. The SMILES string of the molecule is CCOC(=O)c1sc2ncn(Cc3nc(-c4ccc(C(F)(F)F)cc4)no3)c(=O)c2c1C. The van der Waals surface area contributed by atoms with Gasteiger partial charge in [0.05, 0.1) is 23.9 Å². The first-order valence-corrected chi connectivity index (χ1v) is 10.2. The molecule has 0 aliphatic rings. The summed E-state index contributed by atoms with van der Waals surface area (Å²) < 4.78 is 49.6. The Bertz CT molecular complexity index is 1360. The van der Waals surface area contributed by atoms with Crippen LogP contribution in [0.25, 0.3) is 21.6 Å². The molecule has 3 heterocycles. The van der Waals surface area contributed by atoms with E-state index in [0.29, 0.717) is 26.2 Å². The van der Waals surface area contributed by atoms with Crippen molar-refractivity contribution in [3.63, 3.8) is 0 Å². The zero-order chi connectivity index (χ0) is 23.0. The van der Waals surface area contributed by atoms with Crippen LogP contribution < -0.4 is 5.56 Å². The van der Waals surface area contributed by atoms with Crippen molar-refractivity contribution in [3.05, 3.63) is 62.8 Å². The molecule has 32 heavy (non-hydrogen) atoms. The molecule has 0 amide bonds. The molecule has 0 saturated carbocycles. The van der Waals surface area contributed by atoms with E-state index < -0.39 is 23.3 Å². The number of nitrogens with zero attached hydrogens (tertiary/aromatic N) is 4. The molecular weight excluding hydrogens is 449 g/mol. The van der Waals surface area contributed by atoms with E-state index in [4.69, 9.17) is 9.26 Å². The van der Waals surface area contributed by atoms with Crippen molar-refractivity contribution >= 4 is 27.5 Å². The molecule has 166 valence electrons. The van der Waals surface area contributed by atoms with Crippen molar-refractivity contribution in [1.29, 1.82) is 0 Å². The Morgan fingerprint density at radius 2 is 1.97 bits per heavy atom. The van der Waals surface area contributed by atoms with Crippen LogP contribution in [0.2, 0.25) is 0 Å². The summed E-state index contributed by atoms with van der Waals surface area (Å²) in [5.41, 5.74) is -0.370. The highest BCUT2D eigenvalue weighted by atomic mass is 32.1. The van der Waals surface area contributed by atoms with E-state index in [0.717, 1.165) is 23.5 Å². The second kappa shape index (κ2) is 8.19. The lowest BCUT2D eigenvalue weighted by Crippen LogP contribution is -2.21. The quantitative estimate of drug-likeness (QED) is 0.411. The molecule has 0 saturated heterocycles. The molecule has 3 aromatic heterocycles. The zero-order valence-corrected chi connectivity index (χ0v) is 17.6. The van der Waals surface area contributed by atoms with Crippen LogP contribution in [-0.4, -0.2) is 32.3 Å². The summed E-state index contributed by atoms with van der Waals surface area (Å²) in [7, 11) is 0. The summed E-state index contributed by atoms with van der Waals surface area (Å²) in [6, 6.07) is 4.33. The Morgan fingerprint density at radius 3 is 2.62 bits per heavy atom. The summed E-state index contributed by atoms with van der Waals surface area (Å²) in [6.45, 7) is 3.45. The number of aryl methyl sites for hydroxylation is 1. The molecule has 8 nitrogen and oxygen atoms in total. The molecule has 4 aromatic rings. The van der Waals surface area contributed by atoms with Crippen molar-refractivity contribution in [2.45, 2.75) is 26.6 Å². The summed E-state index contributed by atoms with van der Waals surface area (Å²) in [5.74, 6) is -0.356. The predicted molar refractivity (Wildman–Crippen MR) is 108 cm³/mol. The minimum atomic E-state index is -4.44. The summed E-state index contributed by atoms with van der Waals surface area (Å²) >= 11 is 1.07. The van der Waals surface area contributed by atoms with Crippen LogP contribution in [0.4, 0.5) is 13.2 Å². The third-order valence-corrected chi connectivity index (χ3v) is 5.80. The standard InChI is InChI=1S/C20H15F3N4O4S/c1-3-30-19(29)15-10(2)14-17(32-15)24-9-27(18(14)28)8-13-25-16(26-31-13)11-4-6-12(7-5-11)20(21,22)23/h4-7,9H,3,8H2,1-2H3. The van der Waals surface area contributed by atoms with Gasteiger partial charge in [-0.05, 0) is 31.5 Å². The van der Waals surface area contributed by atoms with E-state index in [1.54, 1.807) is 13.8 Å². The molecule has 0 aliphatic carbocycles. The third kappa shape index (κ3) is 4.00. The number of hydrogen-bond donors (Lipinski definition) is 0. The number of benzene rings is 1. The molecule has 0 aliphatic heterocycles. The molecular formula is C20H15F3N4O4S. The molecule has 4 rings (SSSR count). The maximum Gasteiger partial charge on any atom is 0.416 e. The monoisotopic (exact) mass is 464 g/mol. The van der Waals surface area contributed by atoms with E-state index in [-0.39, 0.29) is 24.9 Å². The van der Waals surface area contributed by atoms with Crippen molar-refractivity contribution in [2.75, 3.05) is 6.61 Å². The Hall–Kier alpha value is -3.54. The average molecular weight is 464 g/mol. The fraction of sp³-hybridized carbons (Fsp3) is 0.250. The van der Waals surface area contributed by atoms with Crippen molar-refractivity contribution in [1.82, 2.24) is 19.7 Å². The number of fused-ring (bicyclic) bond motifs is 1. The van der Waals surface area contributed by atoms with Gasteiger partial charge in [-0.1, -0.05) is 17.3 Å². The Kier molecular flexibility index (Phi) is 5.55. The number of ether oxygens (including phenoxy) is 1. The molecule has 0 N–H and O–H groups in total. The van der Waals surface area contributed by atoms with Crippen LogP contribution in [0.5, 0.6) is 0 Å². The summed E-state index contributed by atoms with van der Waals surface area (Å²) in [6.07, 6.45) is -3.14. The normalized spacial score (nSPS) is 11.8. The molecule has 0 atom stereocenters. The minimum Gasteiger partial charge on any atom is -0.462 e. The van der Waals surface area contributed by atoms with E-state index in [1.165, 1.54) is 23.0 Å². The van der Waals surface area contributed by atoms with E-state index in [2.05, 4.69) is 15.1 Å². The van der Waals surface area contributed by atoms with Crippen LogP contribution in [0.3, 0.4) is 0 Å². The molecule has 0 fully saturated rings. The fourth-order valence-electron chi connectivity index (χ4n) is 3.05. The van der Waals surface area contributed by atoms with Gasteiger partial charge >= 0.3 is 12.1 Å². The number of aromatic nitrogens is 4. The molecule has 0 radical (unpaired) electrons. The van der Waals surface area contributed by atoms with Gasteiger partial charge in [0.2, 0.25) is 11.7 Å². The van der Waals surface area contributed by atoms with Gasteiger partial charge in [0.25, 0.3) is 5.56 Å².